The van der Waals surface area contributed by atoms with Crippen LogP contribution < -0.4 is 5.32 Å². The van der Waals surface area contributed by atoms with Crippen LogP contribution in [0.25, 0.3) is 0 Å². The maximum absolute atomic E-state index is 11.8. The number of hydrogen-bond donors (Lipinski definition) is 1. The van der Waals surface area contributed by atoms with Crippen LogP contribution in [0.1, 0.15) is 44.0 Å². The molecule has 0 bridgehead atoms. The third-order valence-electron chi connectivity index (χ3n) is 2.61. The average molecular weight is 298 g/mol. The third kappa shape index (κ3) is 4.90. The first kappa shape index (κ1) is 14.2. The van der Waals surface area contributed by atoms with E-state index in [2.05, 4.69) is 42.0 Å². The smallest absolute Gasteiger partial charge is 0.224 e. The van der Waals surface area contributed by atoms with Gasteiger partial charge in [0.1, 0.15) is 0 Å². The SMILES string of the molecule is CC(C)CCC(=O)Nc1ccccc1C(C)Br. The minimum Gasteiger partial charge on any atom is -0.326 e. The maximum Gasteiger partial charge on any atom is 0.224 e. The molecule has 94 valence electrons. The highest BCUT2D eigenvalue weighted by Crippen LogP contribution is 2.28. The van der Waals surface area contributed by atoms with Crippen molar-refractivity contribution in [3.05, 3.63) is 29.8 Å². The van der Waals surface area contributed by atoms with Gasteiger partial charge in [0.15, 0.2) is 0 Å². The van der Waals surface area contributed by atoms with E-state index in [-0.39, 0.29) is 10.7 Å². The Morgan fingerprint density at radius 2 is 1.94 bits per heavy atom. The Hall–Kier alpha value is -0.830. The number of nitrogens with one attached hydrogen (secondary N) is 1. The Morgan fingerprint density at radius 1 is 1.29 bits per heavy atom. The van der Waals surface area contributed by atoms with Crippen LogP contribution in [0.4, 0.5) is 5.69 Å². The van der Waals surface area contributed by atoms with Crippen LogP contribution in [0, 0.1) is 5.92 Å². The molecular weight excluding hydrogens is 278 g/mol. The van der Waals surface area contributed by atoms with Crippen LogP contribution in [-0.4, -0.2) is 5.91 Å². The fourth-order valence-corrected chi connectivity index (χ4v) is 1.99. The molecule has 0 aliphatic heterocycles. The molecule has 0 saturated heterocycles. The molecule has 1 aromatic carbocycles. The molecule has 1 atom stereocenters. The summed E-state index contributed by atoms with van der Waals surface area (Å²) in [6.07, 6.45) is 1.51. The minimum atomic E-state index is 0.0966. The highest BCUT2D eigenvalue weighted by atomic mass is 79.9. The number of amides is 1. The molecule has 1 aromatic rings. The number of alkyl halides is 1. The second-order valence-corrected chi connectivity index (χ2v) is 6.06. The number of carbonyl (C=O) groups excluding carboxylic acids is 1. The van der Waals surface area contributed by atoms with E-state index < -0.39 is 0 Å². The van der Waals surface area contributed by atoms with Crippen LogP contribution in [-0.2, 0) is 4.79 Å². The fraction of sp³-hybridized carbons (Fsp3) is 0.500. The van der Waals surface area contributed by atoms with Gasteiger partial charge in [-0.3, -0.25) is 4.79 Å². The summed E-state index contributed by atoms with van der Waals surface area (Å²) in [4.78, 5) is 12.0. The Bertz CT molecular complexity index is 374. The molecule has 0 aliphatic carbocycles. The molecule has 1 rings (SSSR count). The van der Waals surface area contributed by atoms with Crippen molar-refractivity contribution in [3.63, 3.8) is 0 Å². The standard InChI is InChI=1S/C14H20BrNO/c1-10(2)8-9-14(17)16-13-7-5-4-6-12(13)11(3)15/h4-7,10-11H,8-9H2,1-3H3,(H,16,17). The molecule has 0 aromatic heterocycles. The van der Waals surface area contributed by atoms with E-state index in [0.29, 0.717) is 12.3 Å². The second kappa shape index (κ2) is 6.80. The van der Waals surface area contributed by atoms with E-state index in [9.17, 15) is 4.79 Å². The number of rotatable bonds is 5. The van der Waals surface area contributed by atoms with Gasteiger partial charge in [-0.1, -0.05) is 48.0 Å². The van der Waals surface area contributed by atoms with E-state index in [1.807, 2.05) is 24.3 Å². The van der Waals surface area contributed by atoms with Gasteiger partial charge in [-0.25, -0.2) is 0 Å². The van der Waals surface area contributed by atoms with E-state index in [1.165, 1.54) is 0 Å². The van der Waals surface area contributed by atoms with Crippen molar-refractivity contribution < 1.29 is 4.79 Å². The molecule has 0 radical (unpaired) electrons. The van der Waals surface area contributed by atoms with Gasteiger partial charge in [0.2, 0.25) is 5.91 Å². The number of benzene rings is 1. The van der Waals surface area contributed by atoms with Gasteiger partial charge in [0.25, 0.3) is 0 Å². The van der Waals surface area contributed by atoms with Crippen molar-refractivity contribution in [1.29, 1.82) is 0 Å². The molecule has 0 heterocycles. The lowest BCUT2D eigenvalue weighted by Crippen LogP contribution is -2.13. The summed E-state index contributed by atoms with van der Waals surface area (Å²) in [6, 6.07) is 7.89. The predicted molar refractivity (Wildman–Crippen MR) is 76.5 cm³/mol. The molecule has 17 heavy (non-hydrogen) atoms. The monoisotopic (exact) mass is 297 g/mol. The lowest BCUT2D eigenvalue weighted by atomic mass is 10.1. The summed E-state index contributed by atoms with van der Waals surface area (Å²) in [7, 11) is 0. The molecule has 1 unspecified atom stereocenters. The van der Waals surface area contributed by atoms with Gasteiger partial charge < -0.3 is 5.32 Å². The van der Waals surface area contributed by atoms with Crippen molar-refractivity contribution in [1.82, 2.24) is 0 Å². The number of anilines is 1. The number of carbonyl (C=O) groups is 1. The van der Waals surface area contributed by atoms with Crippen LogP contribution >= 0.6 is 15.9 Å². The largest absolute Gasteiger partial charge is 0.326 e. The van der Waals surface area contributed by atoms with Crippen molar-refractivity contribution in [2.75, 3.05) is 5.32 Å². The van der Waals surface area contributed by atoms with Gasteiger partial charge in [0.05, 0.1) is 0 Å². The molecule has 0 fully saturated rings. The zero-order valence-corrected chi connectivity index (χ0v) is 12.3. The quantitative estimate of drug-likeness (QED) is 0.796. The zero-order valence-electron chi connectivity index (χ0n) is 10.7. The topological polar surface area (TPSA) is 29.1 Å². The molecule has 1 N–H and O–H groups in total. The van der Waals surface area contributed by atoms with Crippen LogP contribution in [0.15, 0.2) is 24.3 Å². The minimum absolute atomic E-state index is 0.0966. The Balaban J connectivity index is 2.65. The summed E-state index contributed by atoms with van der Waals surface area (Å²) in [5.74, 6) is 0.658. The summed E-state index contributed by atoms with van der Waals surface area (Å²) >= 11 is 3.53. The van der Waals surface area contributed by atoms with Crippen LogP contribution in [0.5, 0.6) is 0 Å². The highest BCUT2D eigenvalue weighted by Gasteiger charge is 2.10. The molecule has 0 spiro atoms. The lowest BCUT2D eigenvalue weighted by Gasteiger charge is -2.13. The number of para-hydroxylation sites is 1. The van der Waals surface area contributed by atoms with Crippen molar-refractivity contribution >= 4 is 27.5 Å². The second-order valence-electron chi connectivity index (χ2n) is 4.68. The summed E-state index contributed by atoms with van der Waals surface area (Å²) in [5.41, 5.74) is 2.02. The molecule has 0 aliphatic rings. The van der Waals surface area contributed by atoms with Crippen molar-refractivity contribution in [2.24, 2.45) is 5.92 Å². The van der Waals surface area contributed by atoms with E-state index in [4.69, 9.17) is 0 Å². The molecule has 0 saturated carbocycles. The first-order chi connectivity index (χ1) is 8.00. The lowest BCUT2D eigenvalue weighted by molar-refractivity contribution is -0.116. The average Bonchev–Trinajstić information content (AvgIpc) is 2.27. The van der Waals surface area contributed by atoms with Gasteiger partial charge in [-0.05, 0) is 30.9 Å². The predicted octanol–water partition coefficient (Wildman–Crippen LogP) is 4.52. The van der Waals surface area contributed by atoms with Crippen LogP contribution in [0.2, 0.25) is 0 Å². The Labute approximate surface area is 112 Å². The first-order valence-corrected chi connectivity index (χ1v) is 6.95. The van der Waals surface area contributed by atoms with Gasteiger partial charge in [-0.2, -0.15) is 0 Å². The van der Waals surface area contributed by atoms with Crippen molar-refractivity contribution in [2.45, 2.75) is 38.4 Å². The normalized spacial score (nSPS) is 12.5. The van der Waals surface area contributed by atoms with Crippen molar-refractivity contribution in [3.8, 4) is 0 Å². The van der Waals surface area contributed by atoms with E-state index in [1.54, 1.807) is 0 Å². The molecule has 2 nitrogen and oxygen atoms in total. The Kier molecular flexibility index (Phi) is 5.69. The third-order valence-corrected chi connectivity index (χ3v) is 3.11. The Morgan fingerprint density at radius 3 is 2.53 bits per heavy atom. The molecule has 1 amide bonds. The molecule has 3 heteroatoms. The number of halogens is 1. The van der Waals surface area contributed by atoms with E-state index in [0.717, 1.165) is 17.7 Å². The maximum atomic E-state index is 11.8. The van der Waals surface area contributed by atoms with E-state index >= 15 is 0 Å². The van der Waals surface area contributed by atoms with Gasteiger partial charge >= 0.3 is 0 Å². The number of hydrogen-bond acceptors (Lipinski definition) is 1. The summed E-state index contributed by atoms with van der Waals surface area (Å²) < 4.78 is 0. The summed E-state index contributed by atoms with van der Waals surface area (Å²) in [6.45, 7) is 6.31. The van der Waals surface area contributed by atoms with Gasteiger partial charge in [-0.15, -0.1) is 0 Å². The first-order valence-electron chi connectivity index (χ1n) is 6.03. The van der Waals surface area contributed by atoms with Crippen LogP contribution in [0.3, 0.4) is 0 Å². The summed E-state index contributed by atoms with van der Waals surface area (Å²) in [5, 5.41) is 2.98. The molecular formula is C14H20BrNO. The zero-order chi connectivity index (χ0) is 12.8. The van der Waals surface area contributed by atoms with Gasteiger partial charge in [0, 0.05) is 16.9 Å². The highest BCUT2D eigenvalue weighted by molar-refractivity contribution is 9.09. The fourth-order valence-electron chi connectivity index (χ4n) is 1.59.